The topological polar surface area (TPSA) is 90.0 Å². The van der Waals surface area contributed by atoms with Gasteiger partial charge < -0.3 is 20.2 Å². The number of hydrogen-bond acceptors (Lipinski definition) is 3. The molecule has 21 heavy (non-hydrogen) atoms. The van der Waals surface area contributed by atoms with Crippen LogP contribution in [0.15, 0.2) is 0 Å². The highest BCUT2D eigenvalue weighted by atomic mass is 16.4. The molecule has 118 valence electrons. The minimum Gasteiger partial charge on any atom is -0.480 e. The first-order valence-electron chi connectivity index (χ1n) is 7.50. The fraction of sp³-hybridized carbons (Fsp3) is 0.786. The number of nitrogens with one attached hydrogen (secondary N) is 1. The first-order valence-corrected chi connectivity index (χ1v) is 7.50. The molecule has 0 saturated carbocycles. The summed E-state index contributed by atoms with van der Waals surface area (Å²) in [5.74, 6) is -1.16. The molecule has 0 aromatic heterocycles. The summed E-state index contributed by atoms with van der Waals surface area (Å²) in [6, 6.07) is -1.90. The summed E-state index contributed by atoms with van der Waals surface area (Å²) in [5, 5.41) is 11.9. The van der Waals surface area contributed by atoms with Gasteiger partial charge in [0.2, 0.25) is 5.91 Å². The van der Waals surface area contributed by atoms with Crippen LogP contribution >= 0.6 is 0 Å². The molecule has 3 amide bonds. The third-order valence-corrected chi connectivity index (χ3v) is 4.34. The predicted molar refractivity (Wildman–Crippen MR) is 75.7 cm³/mol. The second-order valence-corrected chi connectivity index (χ2v) is 5.95. The van der Waals surface area contributed by atoms with E-state index in [-0.39, 0.29) is 11.8 Å². The molecule has 3 atom stereocenters. The SMILES string of the molecule is CC(NC(=O)N1CCC(C)C1C(=O)O)C(=O)N1CCCC1. The molecule has 3 unspecified atom stereocenters. The molecule has 0 spiro atoms. The fourth-order valence-electron chi connectivity index (χ4n) is 3.09. The van der Waals surface area contributed by atoms with E-state index in [1.54, 1.807) is 11.8 Å². The Kier molecular flexibility index (Phi) is 4.69. The van der Waals surface area contributed by atoms with Crippen LogP contribution in [-0.4, -0.2) is 64.5 Å². The molecule has 0 aromatic carbocycles. The molecule has 2 aliphatic rings. The van der Waals surface area contributed by atoms with Gasteiger partial charge in [0.1, 0.15) is 12.1 Å². The highest BCUT2D eigenvalue weighted by Crippen LogP contribution is 2.24. The smallest absolute Gasteiger partial charge is 0.326 e. The van der Waals surface area contributed by atoms with Crippen molar-refractivity contribution in [1.82, 2.24) is 15.1 Å². The van der Waals surface area contributed by atoms with Gasteiger partial charge in [0.25, 0.3) is 0 Å². The summed E-state index contributed by atoms with van der Waals surface area (Å²) in [6.07, 6.45) is 2.66. The molecular weight excluding hydrogens is 274 g/mol. The Morgan fingerprint density at radius 3 is 2.38 bits per heavy atom. The van der Waals surface area contributed by atoms with E-state index in [0.717, 1.165) is 25.9 Å². The number of aliphatic carboxylic acids is 1. The van der Waals surface area contributed by atoms with Crippen molar-refractivity contribution >= 4 is 17.9 Å². The van der Waals surface area contributed by atoms with Gasteiger partial charge in [-0.05, 0) is 32.1 Å². The highest BCUT2D eigenvalue weighted by molar-refractivity contribution is 5.89. The molecule has 2 rings (SSSR count). The zero-order chi connectivity index (χ0) is 15.6. The van der Waals surface area contributed by atoms with Crippen molar-refractivity contribution in [3.8, 4) is 0 Å². The Labute approximate surface area is 124 Å². The van der Waals surface area contributed by atoms with Crippen LogP contribution < -0.4 is 5.32 Å². The largest absolute Gasteiger partial charge is 0.480 e. The van der Waals surface area contributed by atoms with Crippen LogP contribution in [0.2, 0.25) is 0 Å². The van der Waals surface area contributed by atoms with Crippen LogP contribution in [-0.2, 0) is 9.59 Å². The minimum absolute atomic E-state index is 0.0714. The molecule has 2 aliphatic heterocycles. The van der Waals surface area contributed by atoms with E-state index < -0.39 is 24.1 Å². The first-order chi connectivity index (χ1) is 9.91. The molecular formula is C14H23N3O4. The molecule has 2 fully saturated rings. The second-order valence-electron chi connectivity index (χ2n) is 5.95. The fourth-order valence-corrected chi connectivity index (χ4v) is 3.09. The Balaban J connectivity index is 1.94. The highest BCUT2D eigenvalue weighted by Gasteiger charge is 2.40. The van der Waals surface area contributed by atoms with Gasteiger partial charge in [-0.15, -0.1) is 0 Å². The van der Waals surface area contributed by atoms with Gasteiger partial charge in [-0.3, -0.25) is 4.79 Å². The van der Waals surface area contributed by atoms with Crippen molar-refractivity contribution in [2.24, 2.45) is 5.92 Å². The van der Waals surface area contributed by atoms with Crippen LogP contribution in [0.4, 0.5) is 4.79 Å². The number of likely N-dealkylation sites (tertiary alicyclic amines) is 2. The minimum atomic E-state index is -0.992. The lowest BCUT2D eigenvalue weighted by molar-refractivity contribution is -0.142. The Bertz CT molecular complexity index is 434. The maximum Gasteiger partial charge on any atom is 0.326 e. The van der Waals surface area contributed by atoms with Crippen molar-refractivity contribution in [2.75, 3.05) is 19.6 Å². The van der Waals surface area contributed by atoms with E-state index in [4.69, 9.17) is 0 Å². The molecule has 7 nitrogen and oxygen atoms in total. The van der Waals surface area contributed by atoms with Crippen molar-refractivity contribution in [3.05, 3.63) is 0 Å². The van der Waals surface area contributed by atoms with Gasteiger partial charge in [-0.1, -0.05) is 6.92 Å². The predicted octanol–water partition coefficient (Wildman–Crippen LogP) is 0.502. The summed E-state index contributed by atoms with van der Waals surface area (Å²) in [4.78, 5) is 38.7. The van der Waals surface area contributed by atoms with Gasteiger partial charge in [0.15, 0.2) is 0 Å². The molecule has 0 aromatic rings. The van der Waals surface area contributed by atoms with Gasteiger partial charge in [-0.2, -0.15) is 0 Å². The van der Waals surface area contributed by atoms with Crippen LogP contribution in [0, 0.1) is 5.92 Å². The normalized spacial score (nSPS) is 26.8. The van der Waals surface area contributed by atoms with E-state index in [1.165, 1.54) is 4.90 Å². The van der Waals surface area contributed by atoms with Crippen molar-refractivity contribution in [3.63, 3.8) is 0 Å². The summed E-state index contributed by atoms with van der Waals surface area (Å²) < 4.78 is 0. The van der Waals surface area contributed by atoms with Gasteiger partial charge >= 0.3 is 12.0 Å². The third kappa shape index (κ3) is 3.28. The van der Waals surface area contributed by atoms with E-state index in [1.807, 2.05) is 6.92 Å². The van der Waals surface area contributed by atoms with Crippen LogP contribution in [0.1, 0.15) is 33.1 Å². The number of rotatable bonds is 3. The molecule has 2 saturated heterocycles. The van der Waals surface area contributed by atoms with E-state index in [9.17, 15) is 19.5 Å². The summed E-state index contributed by atoms with van der Waals surface area (Å²) in [7, 11) is 0. The molecule has 0 radical (unpaired) electrons. The van der Waals surface area contributed by atoms with Gasteiger partial charge in [0, 0.05) is 19.6 Å². The third-order valence-electron chi connectivity index (χ3n) is 4.34. The van der Waals surface area contributed by atoms with E-state index in [2.05, 4.69) is 5.32 Å². The van der Waals surface area contributed by atoms with Gasteiger partial charge in [0.05, 0.1) is 0 Å². The maximum atomic E-state index is 12.2. The zero-order valence-electron chi connectivity index (χ0n) is 12.5. The van der Waals surface area contributed by atoms with Gasteiger partial charge in [-0.25, -0.2) is 9.59 Å². The molecule has 0 bridgehead atoms. The Morgan fingerprint density at radius 2 is 1.81 bits per heavy atom. The lowest BCUT2D eigenvalue weighted by Gasteiger charge is -2.27. The summed E-state index contributed by atoms with van der Waals surface area (Å²) >= 11 is 0. The maximum absolute atomic E-state index is 12.2. The van der Waals surface area contributed by atoms with Crippen molar-refractivity contribution < 1.29 is 19.5 Å². The van der Waals surface area contributed by atoms with E-state index in [0.29, 0.717) is 13.0 Å². The number of nitrogens with zero attached hydrogens (tertiary/aromatic N) is 2. The zero-order valence-corrected chi connectivity index (χ0v) is 12.5. The quantitative estimate of drug-likeness (QED) is 0.794. The second kappa shape index (κ2) is 6.32. The molecule has 2 heterocycles. The number of urea groups is 1. The average molecular weight is 297 g/mol. The van der Waals surface area contributed by atoms with Crippen LogP contribution in [0.25, 0.3) is 0 Å². The average Bonchev–Trinajstić information content (AvgIpc) is 3.06. The molecule has 7 heteroatoms. The van der Waals surface area contributed by atoms with Crippen molar-refractivity contribution in [1.29, 1.82) is 0 Å². The van der Waals surface area contributed by atoms with Crippen LogP contribution in [0.5, 0.6) is 0 Å². The lowest BCUT2D eigenvalue weighted by Crippen LogP contribution is -2.53. The number of carbonyl (C=O) groups is 3. The van der Waals surface area contributed by atoms with E-state index >= 15 is 0 Å². The molecule has 0 aliphatic carbocycles. The number of carboxylic acid groups (broad SMARTS) is 1. The Morgan fingerprint density at radius 1 is 1.19 bits per heavy atom. The van der Waals surface area contributed by atoms with Crippen LogP contribution in [0.3, 0.4) is 0 Å². The number of hydrogen-bond donors (Lipinski definition) is 2. The number of amides is 3. The Hall–Kier alpha value is -1.79. The number of carbonyl (C=O) groups excluding carboxylic acids is 2. The van der Waals surface area contributed by atoms with Crippen molar-refractivity contribution in [2.45, 2.75) is 45.2 Å². The summed E-state index contributed by atoms with van der Waals surface area (Å²) in [5.41, 5.74) is 0. The monoisotopic (exact) mass is 297 g/mol. The first kappa shape index (κ1) is 15.6. The summed E-state index contributed by atoms with van der Waals surface area (Å²) in [6.45, 7) is 5.35. The lowest BCUT2D eigenvalue weighted by atomic mass is 10.0. The standard InChI is InChI=1S/C14H23N3O4/c1-9-5-8-17(11(9)13(19)20)14(21)15-10(2)12(18)16-6-3-4-7-16/h9-11H,3-8H2,1-2H3,(H,15,21)(H,19,20). The number of carboxylic acids is 1. The molecule has 2 N–H and O–H groups in total.